The molecule has 8 heteroatoms. The molecule has 2 heterocycles. The molecule has 1 spiro atoms. The second-order valence-corrected chi connectivity index (χ2v) is 8.73. The summed E-state index contributed by atoms with van der Waals surface area (Å²) in [5.74, 6) is -1.74. The van der Waals surface area contributed by atoms with E-state index in [0.717, 1.165) is 18.4 Å². The fourth-order valence-electron chi connectivity index (χ4n) is 3.73. The first kappa shape index (κ1) is 21.4. The Kier molecular flexibility index (Phi) is 5.53. The van der Waals surface area contributed by atoms with Crippen molar-refractivity contribution in [3.05, 3.63) is 47.5 Å². The van der Waals surface area contributed by atoms with Crippen LogP contribution in [0.4, 0.5) is 10.2 Å². The quantitative estimate of drug-likeness (QED) is 0.736. The number of aromatic nitrogens is 2. The average Bonchev–Trinajstić information content (AvgIpc) is 3.16. The van der Waals surface area contributed by atoms with Gasteiger partial charge in [-0.1, -0.05) is 6.08 Å². The second kappa shape index (κ2) is 8.01. The number of nitrogens with zero attached hydrogens (tertiary/aromatic N) is 2. The minimum atomic E-state index is -0.744. The van der Waals surface area contributed by atoms with Crippen LogP contribution in [0.15, 0.2) is 30.5 Å². The number of hydrogen-bond acceptors (Lipinski definition) is 7. The maximum absolute atomic E-state index is 14.3. The van der Waals surface area contributed by atoms with Crippen molar-refractivity contribution in [1.82, 2.24) is 9.97 Å². The van der Waals surface area contributed by atoms with Crippen molar-refractivity contribution < 1.29 is 23.4 Å². The van der Waals surface area contributed by atoms with Gasteiger partial charge in [0.25, 0.3) is 0 Å². The first-order valence-corrected chi connectivity index (χ1v) is 10.3. The third-order valence-electron chi connectivity index (χ3n) is 5.24. The van der Waals surface area contributed by atoms with Gasteiger partial charge in [-0.05, 0) is 51.0 Å². The molecule has 1 aromatic carbocycles. The van der Waals surface area contributed by atoms with Crippen LogP contribution in [-0.4, -0.2) is 40.5 Å². The van der Waals surface area contributed by atoms with Gasteiger partial charge in [0.2, 0.25) is 0 Å². The number of nitrogens with two attached hydrogens (primary N) is 1. The van der Waals surface area contributed by atoms with E-state index in [0.29, 0.717) is 36.6 Å². The van der Waals surface area contributed by atoms with E-state index in [4.69, 9.17) is 19.9 Å². The van der Waals surface area contributed by atoms with Gasteiger partial charge in [0.05, 0.1) is 30.7 Å². The van der Waals surface area contributed by atoms with Crippen LogP contribution >= 0.6 is 0 Å². The van der Waals surface area contributed by atoms with Crippen LogP contribution in [0.1, 0.15) is 56.1 Å². The Bertz CT molecular complexity index is 1040. The summed E-state index contributed by atoms with van der Waals surface area (Å²) in [6, 6.07) is 4.14. The Morgan fingerprint density at radius 2 is 2.00 bits per heavy atom. The highest BCUT2D eigenvalue weighted by atomic mass is 19.1. The lowest BCUT2D eigenvalue weighted by molar-refractivity contribution is -0.159. The monoisotopic (exact) mass is 427 g/mol. The van der Waals surface area contributed by atoms with E-state index < -0.39 is 23.2 Å². The molecule has 2 N–H and O–H groups in total. The lowest BCUT2D eigenvalue weighted by Gasteiger charge is -2.30. The SMILES string of the molecule is CC(C)(C)OC(=O)c1cc(-c2nc(C3=CCC4(CC3)OCCO4)cnc2N)ccc1F. The second-order valence-electron chi connectivity index (χ2n) is 8.73. The lowest BCUT2D eigenvalue weighted by Crippen LogP contribution is -2.31. The zero-order valence-electron chi connectivity index (χ0n) is 17.9. The molecule has 0 amide bonds. The number of anilines is 1. The first-order chi connectivity index (χ1) is 14.7. The Morgan fingerprint density at radius 1 is 1.26 bits per heavy atom. The standard InChI is InChI=1S/C23H26FN3O4/c1-22(2,3)31-21(28)16-12-15(4-5-17(16)24)19-20(25)26-13-18(27-19)14-6-8-23(9-7-14)29-10-11-30-23/h4-6,12-13H,7-11H2,1-3H3,(H2,25,26). The van der Waals surface area contributed by atoms with Gasteiger partial charge in [0, 0.05) is 18.4 Å². The van der Waals surface area contributed by atoms with E-state index >= 15 is 0 Å². The minimum Gasteiger partial charge on any atom is -0.456 e. The van der Waals surface area contributed by atoms with Gasteiger partial charge >= 0.3 is 5.97 Å². The predicted octanol–water partition coefficient (Wildman–Crippen LogP) is 4.13. The Balaban J connectivity index is 1.64. The highest BCUT2D eigenvalue weighted by Crippen LogP contribution is 2.38. The number of nitrogen functional groups attached to an aromatic ring is 1. The van der Waals surface area contributed by atoms with Crippen LogP contribution < -0.4 is 5.73 Å². The Morgan fingerprint density at radius 3 is 2.65 bits per heavy atom. The van der Waals surface area contributed by atoms with Gasteiger partial charge in [-0.2, -0.15) is 0 Å². The summed E-state index contributed by atoms with van der Waals surface area (Å²) in [5.41, 5.74) is 7.73. The van der Waals surface area contributed by atoms with E-state index in [-0.39, 0.29) is 11.4 Å². The topological polar surface area (TPSA) is 96.6 Å². The van der Waals surface area contributed by atoms with Gasteiger partial charge in [-0.25, -0.2) is 19.2 Å². The first-order valence-electron chi connectivity index (χ1n) is 10.3. The highest BCUT2D eigenvalue weighted by molar-refractivity contribution is 5.92. The zero-order chi connectivity index (χ0) is 22.2. The van der Waals surface area contributed by atoms with Crippen LogP contribution in [0.25, 0.3) is 16.8 Å². The van der Waals surface area contributed by atoms with E-state index in [1.807, 2.05) is 0 Å². The van der Waals surface area contributed by atoms with E-state index in [1.54, 1.807) is 27.0 Å². The van der Waals surface area contributed by atoms with Crippen molar-refractivity contribution in [2.24, 2.45) is 0 Å². The molecule has 1 aliphatic carbocycles. The third kappa shape index (κ3) is 4.60. The number of benzene rings is 1. The molecule has 1 aromatic heterocycles. The molecule has 2 aromatic rings. The van der Waals surface area contributed by atoms with Crippen LogP contribution in [0.3, 0.4) is 0 Å². The number of allylic oxidation sites excluding steroid dienone is 1. The summed E-state index contributed by atoms with van der Waals surface area (Å²) in [6.45, 7) is 6.40. The van der Waals surface area contributed by atoms with Crippen molar-refractivity contribution in [3.63, 3.8) is 0 Å². The molecule has 0 unspecified atom stereocenters. The number of rotatable bonds is 3. The largest absolute Gasteiger partial charge is 0.456 e. The van der Waals surface area contributed by atoms with Crippen LogP contribution in [0, 0.1) is 5.82 Å². The van der Waals surface area contributed by atoms with E-state index in [1.165, 1.54) is 18.2 Å². The summed E-state index contributed by atoms with van der Waals surface area (Å²) in [4.78, 5) is 21.4. The van der Waals surface area contributed by atoms with Crippen LogP contribution in [0.2, 0.25) is 0 Å². The number of esters is 1. The fraction of sp³-hybridized carbons (Fsp3) is 0.435. The normalized spacial score (nSPS) is 18.1. The molecule has 31 heavy (non-hydrogen) atoms. The maximum atomic E-state index is 14.3. The van der Waals surface area contributed by atoms with Crippen molar-refractivity contribution in [3.8, 4) is 11.3 Å². The fourth-order valence-corrected chi connectivity index (χ4v) is 3.73. The third-order valence-corrected chi connectivity index (χ3v) is 5.24. The molecule has 164 valence electrons. The summed E-state index contributed by atoms with van der Waals surface area (Å²) in [6.07, 6.45) is 5.78. The minimum absolute atomic E-state index is 0.173. The molecular formula is C23H26FN3O4. The summed E-state index contributed by atoms with van der Waals surface area (Å²) in [7, 11) is 0. The average molecular weight is 427 g/mol. The number of hydrogen-bond donors (Lipinski definition) is 1. The molecule has 4 rings (SSSR count). The summed E-state index contributed by atoms with van der Waals surface area (Å²) < 4.78 is 31.2. The molecule has 0 saturated carbocycles. The molecule has 7 nitrogen and oxygen atoms in total. The van der Waals surface area contributed by atoms with Crippen LogP contribution in [0.5, 0.6) is 0 Å². The number of carbonyl (C=O) groups is 1. The zero-order valence-corrected chi connectivity index (χ0v) is 17.9. The summed E-state index contributed by atoms with van der Waals surface area (Å²) in [5, 5.41) is 0. The smallest absolute Gasteiger partial charge is 0.341 e. The Hall–Kier alpha value is -2.84. The molecule has 1 saturated heterocycles. The predicted molar refractivity (Wildman–Crippen MR) is 113 cm³/mol. The molecule has 0 atom stereocenters. The molecule has 0 bridgehead atoms. The highest BCUT2D eigenvalue weighted by Gasteiger charge is 2.38. The van der Waals surface area contributed by atoms with Gasteiger partial charge in [0.1, 0.15) is 22.9 Å². The van der Waals surface area contributed by atoms with Crippen molar-refractivity contribution in [2.45, 2.75) is 51.4 Å². The number of halogens is 1. The molecule has 1 aliphatic heterocycles. The summed E-state index contributed by atoms with van der Waals surface area (Å²) >= 11 is 0. The number of carbonyl (C=O) groups excluding carboxylic acids is 1. The van der Waals surface area contributed by atoms with E-state index in [2.05, 4.69) is 16.0 Å². The Labute approximate surface area is 180 Å². The van der Waals surface area contributed by atoms with Gasteiger partial charge in [-0.3, -0.25) is 0 Å². The molecular weight excluding hydrogens is 401 g/mol. The van der Waals surface area contributed by atoms with Gasteiger partial charge < -0.3 is 19.9 Å². The van der Waals surface area contributed by atoms with Gasteiger partial charge in [0.15, 0.2) is 5.79 Å². The maximum Gasteiger partial charge on any atom is 0.341 e. The lowest BCUT2D eigenvalue weighted by atomic mass is 9.92. The van der Waals surface area contributed by atoms with Crippen molar-refractivity contribution in [1.29, 1.82) is 0 Å². The molecule has 0 radical (unpaired) electrons. The molecule has 2 aliphatic rings. The van der Waals surface area contributed by atoms with Crippen molar-refractivity contribution >= 4 is 17.4 Å². The van der Waals surface area contributed by atoms with Crippen molar-refractivity contribution in [2.75, 3.05) is 18.9 Å². The van der Waals surface area contributed by atoms with Crippen LogP contribution in [-0.2, 0) is 14.2 Å². The van der Waals surface area contributed by atoms with Gasteiger partial charge in [-0.15, -0.1) is 0 Å². The molecule has 1 fully saturated rings. The van der Waals surface area contributed by atoms with E-state index in [9.17, 15) is 9.18 Å². The number of ether oxygens (including phenoxy) is 3.